The highest BCUT2D eigenvalue weighted by Crippen LogP contribution is 2.40. The van der Waals surface area contributed by atoms with Gasteiger partial charge in [0.15, 0.2) is 5.78 Å². The highest BCUT2D eigenvalue weighted by molar-refractivity contribution is 6.04. The van der Waals surface area contributed by atoms with E-state index in [1.165, 1.54) is 24.3 Å². The average molecular weight is 762 g/mol. The van der Waals surface area contributed by atoms with E-state index in [9.17, 15) is 29.4 Å². The van der Waals surface area contributed by atoms with Crippen LogP contribution in [0, 0.1) is 13.8 Å². The normalized spacial score (nSPS) is 16.0. The number of amides is 1. The predicted octanol–water partition coefficient (Wildman–Crippen LogP) is 5.41. The smallest absolute Gasteiger partial charge is 0.335 e. The van der Waals surface area contributed by atoms with Crippen LogP contribution < -0.4 is 14.8 Å². The Kier molecular flexibility index (Phi) is 9.14. The lowest BCUT2D eigenvalue weighted by atomic mass is 10.1. The van der Waals surface area contributed by atoms with Crippen LogP contribution in [-0.4, -0.2) is 85.7 Å². The molecule has 2 aromatic carbocycles. The molecule has 0 saturated heterocycles. The summed E-state index contributed by atoms with van der Waals surface area (Å²) in [5.41, 5.74) is 4.33. The van der Waals surface area contributed by atoms with Gasteiger partial charge in [-0.15, -0.1) is 0 Å². The molecule has 288 valence electrons. The molecular formula is C39H39N9O8. The molecule has 6 aromatic rings. The second-order valence-electron chi connectivity index (χ2n) is 13.9. The number of rotatable bonds is 13. The summed E-state index contributed by atoms with van der Waals surface area (Å²) in [6.07, 6.45) is 4.96. The number of nitrogens with zero attached hydrogens (tertiary/aromatic N) is 8. The third-order valence-electron chi connectivity index (χ3n) is 10.1. The highest BCUT2D eigenvalue weighted by Gasteiger charge is 2.31. The van der Waals surface area contributed by atoms with Crippen molar-refractivity contribution in [1.82, 2.24) is 38.7 Å². The van der Waals surface area contributed by atoms with E-state index in [1.54, 1.807) is 21.5 Å². The van der Waals surface area contributed by atoms with Crippen LogP contribution in [0.2, 0.25) is 0 Å². The number of allylic oxidation sites excluding steroid dienone is 2. The number of ether oxygens (including phenoxy) is 2. The molecule has 6 heterocycles. The van der Waals surface area contributed by atoms with Crippen molar-refractivity contribution >= 4 is 51.6 Å². The first-order chi connectivity index (χ1) is 26.9. The maximum atomic E-state index is 13.6. The van der Waals surface area contributed by atoms with Crippen LogP contribution in [-0.2, 0) is 19.5 Å². The summed E-state index contributed by atoms with van der Waals surface area (Å²) in [6.45, 7) is 8.88. The molecule has 1 amide bonds. The van der Waals surface area contributed by atoms with Crippen LogP contribution in [0.3, 0.4) is 0 Å². The molecule has 56 heavy (non-hydrogen) atoms. The Morgan fingerprint density at radius 1 is 0.750 bits per heavy atom. The number of aromatic nitrogens is 8. The number of nitrogens with one attached hydrogen (secondary N) is 1. The molecular weight excluding hydrogens is 722 g/mol. The first-order valence-electron chi connectivity index (χ1n) is 18.3. The molecule has 2 aliphatic heterocycles. The van der Waals surface area contributed by atoms with E-state index in [-0.39, 0.29) is 54.6 Å². The van der Waals surface area contributed by atoms with Gasteiger partial charge in [-0.25, -0.2) is 19.6 Å². The van der Waals surface area contributed by atoms with Crippen LogP contribution in [0.25, 0.3) is 22.1 Å². The number of carbonyl (C=O) groups is 4. The number of Topliss-reactive ketones (excluding diaryl/α,β-unsaturated/α-hetero) is 1. The zero-order valence-corrected chi connectivity index (χ0v) is 31.1. The number of imidazole rings is 2. The SMILES string of the molecule is CCn1nc(C)cc1C(=O)Cc1nc2cc(C(=O)O)cc3c2n1[C@@H](C/C=C/C[C@H]1COc2cc(C(=O)O)cc4nc(NC(=O)c5cc(C)nn5CC)n1c24)CO3. The van der Waals surface area contributed by atoms with Crippen molar-refractivity contribution < 1.29 is 38.9 Å². The first-order valence-corrected chi connectivity index (χ1v) is 18.3. The summed E-state index contributed by atoms with van der Waals surface area (Å²) in [4.78, 5) is 60.4. The van der Waals surface area contributed by atoms with Gasteiger partial charge in [0.25, 0.3) is 5.91 Å². The topological polar surface area (TPSA) is 211 Å². The van der Waals surface area contributed by atoms with Crippen molar-refractivity contribution in [2.45, 2.75) is 72.1 Å². The van der Waals surface area contributed by atoms with Crippen molar-refractivity contribution in [2.75, 3.05) is 18.5 Å². The van der Waals surface area contributed by atoms with E-state index in [0.29, 0.717) is 82.4 Å². The maximum absolute atomic E-state index is 13.6. The van der Waals surface area contributed by atoms with Gasteiger partial charge in [-0.05, 0) is 76.9 Å². The molecule has 2 atom stereocenters. The Morgan fingerprint density at radius 3 is 1.84 bits per heavy atom. The largest absolute Gasteiger partial charge is 0.489 e. The Hall–Kier alpha value is -6.78. The van der Waals surface area contributed by atoms with Crippen LogP contribution in [0.1, 0.15) is 97.7 Å². The monoisotopic (exact) mass is 761 g/mol. The molecule has 0 spiro atoms. The predicted molar refractivity (Wildman–Crippen MR) is 202 cm³/mol. The fraction of sp³-hybridized carbons (Fsp3) is 0.333. The number of carboxylic acid groups (broad SMARTS) is 2. The Morgan fingerprint density at radius 2 is 1.27 bits per heavy atom. The number of ketones is 1. The Bertz CT molecular complexity index is 2450. The van der Waals surface area contributed by atoms with Gasteiger partial charge in [0.2, 0.25) is 5.95 Å². The van der Waals surface area contributed by atoms with Crippen LogP contribution in [0.5, 0.6) is 11.5 Å². The van der Waals surface area contributed by atoms with E-state index in [1.807, 2.05) is 49.0 Å². The standard InChI is InChI=1S/C39H39N9O8/c1-5-45-28(11-20(3)43-45)30(49)17-33-40-26-13-22(37(51)52)15-31-34(26)47(33)24(18-55-31)9-7-8-10-25-19-56-32-16-23(38(53)54)14-27-35(32)48(25)39(41-27)42-36(50)29-12-21(4)44-46(29)6-2/h7-8,11-16,24-25H,5-6,9-10,17-19H2,1-4H3,(H,51,52)(H,53,54)(H,41,42,50)/b8-7+/t24-,25-/m0/s1. The Balaban J connectivity index is 1.08. The molecule has 0 fully saturated rings. The number of hydrogen-bond acceptors (Lipinski definition) is 10. The number of aromatic carboxylic acids is 2. The zero-order chi connectivity index (χ0) is 39.4. The van der Waals surface area contributed by atoms with Crippen LogP contribution in [0.15, 0.2) is 48.6 Å². The lowest BCUT2D eigenvalue weighted by molar-refractivity contribution is 0.0685. The minimum Gasteiger partial charge on any atom is -0.489 e. The number of anilines is 1. The third kappa shape index (κ3) is 6.33. The second-order valence-corrected chi connectivity index (χ2v) is 13.9. The molecule has 17 nitrogen and oxygen atoms in total. The van der Waals surface area contributed by atoms with Gasteiger partial charge < -0.3 is 24.3 Å². The van der Waals surface area contributed by atoms with Gasteiger partial charge in [0.1, 0.15) is 53.0 Å². The lowest BCUT2D eigenvalue weighted by Gasteiger charge is -2.27. The summed E-state index contributed by atoms with van der Waals surface area (Å²) in [5, 5.41) is 31.2. The van der Waals surface area contributed by atoms with Gasteiger partial charge in [0.05, 0.1) is 52.1 Å². The maximum Gasteiger partial charge on any atom is 0.335 e. The molecule has 0 aliphatic carbocycles. The van der Waals surface area contributed by atoms with Gasteiger partial charge in [-0.2, -0.15) is 10.2 Å². The zero-order valence-electron chi connectivity index (χ0n) is 31.1. The summed E-state index contributed by atoms with van der Waals surface area (Å²) in [7, 11) is 0. The lowest BCUT2D eigenvalue weighted by Crippen LogP contribution is -2.26. The number of benzene rings is 2. The van der Waals surface area contributed by atoms with Crippen molar-refractivity contribution in [3.8, 4) is 11.5 Å². The van der Waals surface area contributed by atoms with E-state index in [2.05, 4.69) is 20.5 Å². The minimum atomic E-state index is -1.12. The van der Waals surface area contributed by atoms with E-state index < -0.39 is 17.8 Å². The van der Waals surface area contributed by atoms with Crippen molar-refractivity contribution in [3.05, 3.63) is 88.3 Å². The molecule has 17 heteroatoms. The third-order valence-corrected chi connectivity index (χ3v) is 10.1. The minimum absolute atomic E-state index is 0.0179. The fourth-order valence-electron chi connectivity index (χ4n) is 7.62. The van der Waals surface area contributed by atoms with Crippen LogP contribution >= 0.6 is 0 Å². The van der Waals surface area contributed by atoms with Gasteiger partial charge >= 0.3 is 11.9 Å². The molecule has 2 aliphatic rings. The molecule has 0 radical (unpaired) electrons. The van der Waals surface area contributed by atoms with Gasteiger partial charge in [0, 0.05) is 13.1 Å². The number of carbonyl (C=O) groups excluding carboxylic acids is 2. The molecule has 0 unspecified atom stereocenters. The average Bonchev–Trinajstić information content (AvgIpc) is 3.95. The fourth-order valence-corrected chi connectivity index (χ4v) is 7.62. The number of hydrogen-bond donors (Lipinski definition) is 3. The van der Waals surface area contributed by atoms with Crippen molar-refractivity contribution in [3.63, 3.8) is 0 Å². The molecule has 0 bridgehead atoms. The molecule has 8 rings (SSSR count). The molecule has 4 aromatic heterocycles. The quantitative estimate of drug-likeness (QED) is 0.0996. The van der Waals surface area contributed by atoms with Crippen molar-refractivity contribution in [2.24, 2.45) is 0 Å². The summed E-state index contributed by atoms with van der Waals surface area (Å²) < 4.78 is 19.3. The van der Waals surface area contributed by atoms with Gasteiger partial charge in [-0.1, -0.05) is 12.2 Å². The summed E-state index contributed by atoms with van der Waals surface area (Å²) >= 11 is 0. The van der Waals surface area contributed by atoms with Gasteiger partial charge in [-0.3, -0.25) is 28.8 Å². The Labute approximate surface area is 319 Å². The van der Waals surface area contributed by atoms with E-state index in [4.69, 9.17) is 14.5 Å². The summed E-state index contributed by atoms with van der Waals surface area (Å²) in [6, 6.07) is 8.77. The van der Waals surface area contributed by atoms with E-state index >= 15 is 0 Å². The van der Waals surface area contributed by atoms with E-state index in [0.717, 1.165) is 5.69 Å². The number of aryl methyl sites for hydroxylation is 4. The second kappa shape index (κ2) is 14.1. The molecule has 0 saturated carbocycles. The number of carboxylic acids is 2. The van der Waals surface area contributed by atoms with Crippen molar-refractivity contribution in [1.29, 1.82) is 0 Å². The first kappa shape index (κ1) is 36.2. The highest BCUT2D eigenvalue weighted by atomic mass is 16.5. The molecule has 3 N–H and O–H groups in total. The summed E-state index contributed by atoms with van der Waals surface area (Å²) in [5.74, 6) is -1.29. The van der Waals surface area contributed by atoms with Crippen LogP contribution in [0.4, 0.5) is 5.95 Å².